The van der Waals surface area contributed by atoms with Gasteiger partial charge in [0.05, 0.1) is 22.8 Å². The summed E-state index contributed by atoms with van der Waals surface area (Å²) < 4.78 is 0. The lowest BCUT2D eigenvalue weighted by atomic mass is 9.82. The third-order valence-corrected chi connectivity index (χ3v) is 8.55. The second-order valence-corrected chi connectivity index (χ2v) is 10.3. The van der Waals surface area contributed by atoms with Gasteiger partial charge in [-0.3, -0.25) is 4.98 Å². The van der Waals surface area contributed by atoms with Crippen molar-refractivity contribution in [3.63, 3.8) is 0 Å². The van der Waals surface area contributed by atoms with E-state index in [0.29, 0.717) is 0 Å². The summed E-state index contributed by atoms with van der Waals surface area (Å²) in [5, 5.41) is 0. The van der Waals surface area contributed by atoms with Gasteiger partial charge in [-0.25, -0.2) is 0 Å². The van der Waals surface area contributed by atoms with Crippen molar-refractivity contribution in [2.45, 2.75) is 25.7 Å². The first-order chi connectivity index (χ1) is 17.3. The lowest BCUT2D eigenvalue weighted by Crippen LogP contribution is -2.27. The first kappa shape index (κ1) is 18.2. The molecule has 0 saturated carbocycles. The Bertz CT molecular complexity index is 1760. The summed E-state index contributed by atoms with van der Waals surface area (Å²) in [6.07, 6.45) is 5.89. The van der Waals surface area contributed by atoms with E-state index in [2.05, 4.69) is 83.8 Å². The lowest BCUT2D eigenvalue weighted by molar-refractivity contribution is 0.962. The van der Waals surface area contributed by atoms with Crippen molar-refractivity contribution in [2.75, 3.05) is 4.90 Å². The van der Waals surface area contributed by atoms with Gasteiger partial charge < -0.3 is 4.90 Å². The van der Waals surface area contributed by atoms with Crippen molar-refractivity contribution in [1.29, 1.82) is 0 Å². The van der Waals surface area contributed by atoms with Crippen molar-refractivity contribution in [3.8, 4) is 22.3 Å². The highest BCUT2D eigenvalue weighted by molar-refractivity contribution is 5.98. The molecule has 4 aromatic carbocycles. The van der Waals surface area contributed by atoms with Gasteiger partial charge in [-0.1, -0.05) is 66.7 Å². The average molecular weight is 447 g/mol. The molecule has 0 saturated heterocycles. The van der Waals surface area contributed by atoms with Crippen molar-refractivity contribution in [2.24, 2.45) is 0 Å². The zero-order valence-electron chi connectivity index (χ0n) is 19.3. The molecule has 0 bridgehead atoms. The first-order valence-electron chi connectivity index (χ1n) is 12.6. The lowest BCUT2D eigenvalue weighted by Gasteiger charge is -2.41. The molecule has 2 nitrogen and oxygen atoms in total. The van der Waals surface area contributed by atoms with Crippen LogP contribution >= 0.6 is 0 Å². The predicted octanol–water partition coefficient (Wildman–Crippen LogP) is 7.50. The fourth-order valence-corrected chi connectivity index (χ4v) is 7.20. The molecule has 2 aliphatic carbocycles. The molecular formula is C33H22N2. The van der Waals surface area contributed by atoms with Gasteiger partial charge in [0.2, 0.25) is 0 Å². The van der Waals surface area contributed by atoms with Crippen LogP contribution in [0.25, 0.3) is 22.3 Å². The zero-order chi connectivity index (χ0) is 22.7. The second-order valence-electron chi connectivity index (χ2n) is 10.3. The van der Waals surface area contributed by atoms with E-state index in [9.17, 15) is 0 Å². The molecule has 3 heterocycles. The minimum absolute atomic E-state index is 0.900. The Balaban J connectivity index is 1.37. The Kier molecular flexibility index (Phi) is 3.27. The van der Waals surface area contributed by atoms with Crippen LogP contribution in [0.5, 0.6) is 0 Å². The van der Waals surface area contributed by atoms with E-state index in [-0.39, 0.29) is 0 Å². The van der Waals surface area contributed by atoms with Gasteiger partial charge in [0.1, 0.15) is 0 Å². The molecule has 2 aliphatic heterocycles. The number of nitrogens with zero attached hydrogens (tertiary/aromatic N) is 2. The van der Waals surface area contributed by atoms with Gasteiger partial charge in [-0.15, -0.1) is 0 Å². The molecule has 0 fully saturated rings. The number of aromatic nitrogens is 1. The average Bonchev–Trinajstić information content (AvgIpc) is 3.46. The summed E-state index contributed by atoms with van der Waals surface area (Å²) in [7, 11) is 0. The summed E-state index contributed by atoms with van der Waals surface area (Å²) in [5.74, 6) is 0. The minimum atomic E-state index is 0.900. The van der Waals surface area contributed by atoms with E-state index in [1.807, 2.05) is 6.20 Å². The highest BCUT2D eigenvalue weighted by atomic mass is 15.2. The molecule has 0 atom stereocenters. The Labute approximate surface area is 204 Å². The molecule has 1 aromatic heterocycles. The number of hydrogen-bond donors (Lipinski definition) is 0. The molecule has 0 radical (unpaired) electrons. The van der Waals surface area contributed by atoms with Crippen molar-refractivity contribution < 1.29 is 0 Å². The maximum Gasteiger partial charge on any atom is 0.0688 e. The third-order valence-electron chi connectivity index (χ3n) is 8.55. The SMILES string of the molecule is c1ccc2c(c1)Cc1c-2ccc2c1N1c3cccnc3Cc3c4c(cc(c31)C2)Cc1ccccc1-4. The van der Waals surface area contributed by atoms with Gasteiger partial charge in [0.25, 0.3) is 0 Å². The predicted molar refractivity (Wildman–Crippen MR) is 141 cm³/mol. The molecule has 9 rings (SSSR count). The van der Waals surface area contributed by atoms with Crippen molar-refractivity contribution >= 4 is 17.1 Å². The molecule has 164 valence electrons. The quantitative estimate of drug-likeness (QED) is 0.240. The topological polar surface area (TPSA) is 16.1 Å². The molecular weight excluding hydrogens is 424 g/mol. The largest absolute Gasteiger partial charge is 0.307 e. The van der Waals surface area contributed by atoms with Gasteiger partial charge in [-0.2, -0.15) is 0 Å². The first-order valence-corrected chi connectivity index (χ1v) is 12.6. The number of anilines is 3. The highest BCUT2D eigenvalue weighted by Gasteiger charge is 2.38. The van der Waals surface area contributed by atoms with Crippen LogP contribution in [0.15, 0.2) is 85.1 Å². The van der Waals surface area contributed by atoms with Crippen LogP contribution < -0.4 is 4.90 Å². The maximum absolute atomic E-state index is 4.92. The summed E-state index contributed by atoms with van der Waals surface area (Å²) in [5.41, 5.74) is 21.1. The fourth-order valence-electron chi connectivity index (χ4n) is 7.20. The van der Waals surface area contributed by atoms with Gasteiger partial charge >= 0.3 is 0 Å². The fraction of sp³-hybridized carbons (Fsp3) is 0.121. The molecule has 35 heavy (non-hydrogen) atoms. The van der Waals surface area contributed by atoms with Crippen LogP contribution in [0.4, 0.5) is 17.1 Å². The van der Waals surface area contributed by atoms with Crippen molar-refractivity contribution in [1.82, 2.24) is 4.98 Å². The van der Waals surface area contributed by atoms with Crippen LogP contribution in [0.2, 0.25) is 0 Å². The summed E-state index contributed by atoms with van der Waals surface area (Å²) in [6, 6.07) is 29.5. The summed E-state index contributed by atoms with van der Waals surface area (Å²) >= 11 is 0. The molecule has 0 N–H and O–H groups in total. The molecule has 5 aromatic rings. The monoisotopic (exact) mass is 446 g/mol. The van der Waals surface area contributed by atoms with E-state index in [4.69, 9.17) is 4.98 Å². The Morgan fingerprint density at radius 1 is 0.543 bits per heavy atom. The molecule has 0 amide bonds. The van der Waals surface area contributed by atoms with Crippen LogP contribution in [-0.2, 0) is 25.7 Å². The summed E-state index contributed by atoms with van der Waals surface area (Å²) in [4.78, 5) is 7.50. The standard InChI is InChI=1S/C33H22N2/c1-3-8-24-20(7-1)17-27-26(24)12-11-21-15-23-16-22-14-19-6-2-4-9-25(19)31(22)28-18-29-30(10-5-13-34-29)35(32(21)27)33(23)28/h1-13,16H,14-15,17-18H2. The maximum atomic E-state index is 4.92. The van der Waals surface area contributed by atoms with Crippen LogP contribution in [0.1, 0.15) is 44.6 Å². The Hall–Kier alpha value is -4.17. The Morgan fingerprint density at radius 2 is 1.31 bits per heavy atom. The van der Waals surface area contributed by atoms with Gasteiger partial charge in [-0.05, 0) is 79.8 Å². The van der Waals surface area contributed by atoms with Crippen LogP contribution in [0.3, 0.4) is 0 Å². The van der Waals surface area contributed by atoms with Gasteiger partial charge in [0.15, 0.2) is 0 Å². The van der Waals surface area contributed by atoms with Gasteiger partial charge in [0, 0.05) is 25.5 Å². The van der Waals surface area contributed by atoms with Crippen LogP contribution in [-0.4, -0.2) is 4.98 Å². The zero-order valence-corrected chi connectivity index (χ0v) is 19.3. The minimum Gasteiger partial charge on any atom is -0.307 e. The van der Waals surface area contributed by atoms with E-state index >= 15 is 0 Å². The number of rotatable bonds is 0. The molecule has 0 spiro atoms. The Morgan fingerprint density at radius 3 is 2.23 bits per heavy atom. The van der Waals surface area contributed by atoms with E-state index < -0.39 is 0 Å². The normalized spacial score (nSPS) is 14.9. The van der Waals surface area contributed by atoms with E-state index in [0.717, 1.165) is 25.7 Å². The third kappa shape index (κ3) is 2.23. The number of pyridine rings is 1. The highest BCUT2D eigenvalue weighted by Crippen LogP contribution is 2.57. The van der Waals surface area contributed by atoms with E-state index in [1.54, 1.807) is 0 Å². The number of benzene rings is 4. The molecule has 0 unspecified atom stereocenters. The van der Waals surface area contributed by atoms with Crippen molar-refractivity contribution in [3.05, 3.63) is 130 Å². The molecule has 2 heteroatoms. The number of hydrogen-bond acceptors (Lipinski definition) is 2. The second kappa shape index (κ2) is 6.28. The van der Waals surface area contributed by atoms with E-state index in [1.165, 1.54) is 84.0 Å². The van der Waals surface area contributed by atoms with Crippen LogP contribution in [0, 0.1) is 0 Å². The number of fused-ring (bicyclic) bond motifs is 12. The summed E-state index contributed by atoms with van der Waals surface area (Å²) in [6.45, 7) is 0. The smallest absolute Gasteiger partial charge is 0.0688 e. The molecule has 4 aliphatic rings.